The SMILES string of the molecule is CC(C)(C)OC(=O)CCC(CNC(=O)OC(C)(C)C)(CNC(=O)OC(C)(C)C)OC(=O)CCC(=O)Oc1ccccc1. The van der Waals surface area contributed by atoms with E-state index in [0.29, 0.717) is 5.75 Å². The summed E-state index contributed by atoms with van der Waals surface area (Å²) in [5.41, 5.74) is -4.02. The van der Waals surface area contributed by atoms with Gasteiger partial charge in [-0.25, -0.2) is 9.59 Å². The Labute approximate surface area is 248 Å². The molecule has 0 bridgehead atoms. The van der Waals surface area contributed by atoms with Crippen molar-refractivity contribution < 1.29 is 47.7 Å². The number of ether oxygens (including phenoxy) is 5. The molecule has 236 valence electrons. The number of alkyl carbamates (subject to hydrolysis) is 2. The van der Waals surface area contributed by atoms with Crippen molar-refractivity contribution in [3.05, 3.63) is 30.3 Å². The van der Waals surface area contributed by atoms with E-state index in [1.54, 1.807) is 92.6 Å². The Morgan fingerprint density at radius 1 is 0.571 bits per heavy atom. The second kappa shape index (κ2) is 15.4. The van der Waals surface area contributed by atoms with Crippen LogP contribution in [0.4, 0.5) is 9.59 Å². The molecule has 0 atom stereocenters. The fourth-order valence-electron chi connectivity index (χ4n) is 3.35. The molecule has 0 aliphatic heterocycles. The highest BCUT2D eigenvalue weighted by Crippen LogP contribution is 2.22. The minimum Gasteiger partial charge on any atom is -0.460 e. The molecule has 2 amide bonds. The van der Waals surface area contributed by atoms with Crippen LogP contribution < -0.4 is 15.4 Å². The number of carbonyl (C=O) groups excluding carboxylic acids is 5. The number of amides is 2. The molecule has 0 saturated carbocycles. The Morgan fingerprint density at radius 2 is 1.00 bits per heavy atom. The van der Waals surface area contributed by atoms with Gasteiger partial charge in [0.05, 0.1) is 25.9 Å². The third kappa shape index (κ3) is 17.1. The molecule has 1 rings (SSSR count). The molecule has 0 radical (unpaired) electrons. The average molecular weight is 595 g/mol. The van der Waals surface area contributed by atoms with Crippen molar-refractivity contribution in [2.45, 2.75) is 110 Å². The molecule has 0 heterocycles. The number of esters is 3. The van der Waals surface area contributed by atoms with Gasteiger partial charge in [-0.15, -0.1) is 0 Å². The molecule has 12 nitrogen and oxygen atoms in total. The van der Waals surface area contributed by atoms with Crippen molar-refractivity contribution in [3.8, 4) is 5.75 Å². The van der Waals surface area contributed by atoms with Crippen LogP contribution in [0.3, 0.4) is 0 Å². The van der Waals surface area contributed by atoms with E-state index in [1.165, 1.54) is 0 Å². The monoisotopic (exact) mass is 594 g/mol. The Morgan fingerprint density at radius 3 is 1.45 bits per heavy atom. The zero-order valence-electron chi connectivity index (χ0n) is 26.2. The second-order valence-corrected chi connectivity index (χ2v) is 12.7. The fraction of sp³-hybridized carbons (Fsp3) is 0.633. The molecule has 42 heavy (non-hydrogen) atoms. The Bertz CT molecular complexity index is 987. The minimum atomic E-state index is -1.63. The van der Waals surface area contributed by atoms with Crippen LogP contribution in [0, 0.1) is 0 Å². The molecule has 1 aromatic carbocycles. The summed E-state index contributed by atoms with van der Waals surface area (Å²) in [6.45, 7) is 14.6. The van der Waals surface area contributed by atoms with Gasteiger partial charge in [-0.2, -0.15) is 0 Å². The van der Waals surface area contributed by atoms with Gasteiger partial charge in [-0.1, -0.05) is 18.2 Å². The summed E-state index contributed by atoms with van der Waals surface area (Å²) < 4.78 is 27.0. The predicted molar refractivity (Wildman–Crippen MR) is 154 cm³/mol. The lowest BCUT2D eigenvalue weighted by Gasteiger charge is -2.34. The van der Waals surface area contributed by atoms with E-state index >= 15 is 0 Å². The highest BCUT2D eigenvalue weighted by atomic mass is 16.6. The van der Waals surface area contributed by atoms with Gasteiger partial charge in [0.15, 0.2) is 0 Å². The molecule has 0 aliphatic rings. The molecule has 0 fully saturated rings. The van der Waals surface area contributed by atoms with Crippen molar-refractivity contribution in [1.82, 2.24) is 10.6 Å². The van der Waals surface area contributed by atoms with Gasteiger partial charge in [0.2, 0.25) is 0 Å². The zero-order valence-corrected chi connectivity index (χ0v) is 26.2. The highest BCUT2D eigenvalue weighted by molar-refractivity contribution is 5.79. The van der Waals surface area contributed by atoms with Crippen molar-refractivity contribution >= 4 is 30.1 Å². The normalized spacial score (nSPS) is 12.0. The predicted octanol–water partition coefficient (Wildman–Crippen LogP) is 4.83. The Balaban J connectivity index is 3.15. The summed E-state index contributed by atoms with van der Waals surface area (Å²) in [6, 6.07) is 8.36. The quantitative estimate of drug-likeness (QED) is 0.195. The maximum Gasteiger partial charge on any atom is 0.407 e. The van der Waals surface area contributed by atoms with Crippen LogP contribution >= 0.6 is 0 Å². The number of hydrogen-bond acceptors (Lipinski definition) is 10. The molecule has 0 saturated heterocycles. The van der Waals surface area contributed by atoms with Crippen LogP contribution in [-0.4, -0.2) is 65.6 Å². The number of benzene rings is 1. The summed E-state index contributed by atoms with van der Waals surface area (Å²) in [5, 5.41) is 5.11. The number of para-hydroxylation sites is 1. The highest BCUT2D eigenvalue weighted by Gasteiger charge is 2.38. The first-order chi connectivity index (χ1) is 19.2. The summed E-state index contributed by atoms with van der Waals surface area (Å²) in [4.78, 5) is 62.9. The van der Waals surface area contributed by atoms with Gasteiger partial charge in [-0.05, 0) is 74.4 Å². The molecule has 0 aromatic heterocycles. The van der Waals surface area contributed by atoms with Crippen LogP contribution in [0.15, 0.2) is 30.3 Å². The van der Waals surface area contributed by atoms with Crippen LogP contribution in [0.1, 0.15) is 88.0 Å². The lowest BCUT2D eigenvalue weighted by molar-refractivity contribution is -0.166. The van der Waals surface area contributed by atoms with Crippen molar-refractivity contribution in [2.75, 3.05) is 13.1 Å². The van der Waals surface area contributed by atoms with Gasteiger partial charge in [0.25, 0.3) is 0 Å². The minimum absolute atomic E-state index is 0.145. The zero-order chi connectivity index (χ0) is 32.2. The Hall–Kier alpha value is -3.83. The van der Waals surface area contributed by atoms with Crippen molar-refractivity contribution in [1.29, 1.82) is 0 Å². The van der Waals surface area contributed by atoms with Gasteiger partial charge < -0.3 is 34.3 Å². The van der Waals surface area contributed by atoms with E-state index in [0.717, 1.165) is 0 Å². The van der Waals surface area contributed by atoms with E-state index in [4.69, 9.17) is 23.7 Å². The molecule has 2 N–H and O–H groups in total. The van der Waals surface area contributed by atoms with Crippen LogP contribution in [-0.2, 0) is 33.3 Å². The molecule has 12 heteroatoms. The lowest BCUT2D eigenvalue weighted by atomic mass is 9.96. The maximum absolute atomic E-state index is 13.0. The van der Waals surface area contributed by atoms with E-state index in [2.05, 4.69) is 10.6 Å². The summed E-state index contributed by atoms with van der Waals surface area (Å²) in [7, 11) is 0. The number of rotatable bonds is 12. The number of carbonyl (C=O) groups is 5. The first-order valence-corrected chi connectivity index (χ1v) is 13.8. The van der Waals surface area contributed by atoms with E-state index in [-0.39, 0.29) is 38.8 Å². The average Bonchev–Trinajstić information content (AvgIpc) is 2.81. The largest absolute Gasteiger partial charge is 0.460 e. The standard InChI is InChI=1S/C30H46N2O10/c1-27(2,3)39-24(35)17-18-30(19-31-25(36)41-28(4,5)6,20-32-26(37)42-29(7,8)9)40-23(34)16-15-22(33)38-21-13-11-10-12-14-21/h10-14H,15-20H2,1-9H3,(H,31,36)(H,32,37). The topological polar surface area (TPSA) is 156 Å². The molecule has 0 spiro atoms. The first-order valence-electron chi connectivity index (χ1n) is 13.8. The van der Waals surface area contributed by atoms with Gasteiger partial charge in [-0.3, -0.25) is 14.4 Å². The van der Waals surface area contributed by atoms with Crippen LogP contribution in [0.2, 0.25) is 0 Å². The Kier molecular flexibility index (Phi) is 13.3. The third-order valence-electron chi connectivity index (χ3n) is 4.95. The summed E-state index contributed by atoms with van der Waals surface area (Å²) in [6.07, 6.45) is -2.62. The molecular formula is C30H46N2O10. The van der Waals surface area contributed by atoms with Gasteiger partial charge in [0, 0.05) is 12.8 Å². The van der Waals surface area contributed by atoms with Crippen molar-refractivity contribution in [3.63, 3.8) is 0 Å². The van der Waals surface area contributed by atoms with E-state index in [1.807, 2.05) is 0 Å². The van der Waals surface area contributed by atoms with E-state index in [9.17, 15) is 24.0 Å². The molecular weight excluding hydrogens is 548 g/mol. The maximum atomic E-state index is 13.0. The van der Waals surface area contributed by atoms with Gasteiger partial charge in [0.1, 0.15) is 28.2 Å². The summed E-state index contributed by atoms with van der Waals surface area (Å²) in [5.74, 6) is -1.73. The number of hydrogen-bond donors (Lipinski definition) is 2. The van der Waals surface area contributed by atoms with Crippen LogP contribution in [0.5, 0.6) is 5.75 Å². The van der Waals surface area contributed by atoms with E-state index < -0.39 is 52.5 Å². The fourth-order valence-corrected chi connectivity index (χ4v) is 3.35. The van der Waals surface area contributed by atoms with Crippen molar-refractivity contribution in [2.24, 2.45) is 0 Å². The van der Waals surface area contributed by atoms with Gasteiger partial charge >= 0.3 is 30.1 Å². The first kappa shape index (κ1) is 36.2. The summed E-state index contributed by atoms with van der Waals surface area (Å²) >= 11 is 0. The molecule has 0 aliphatic carbocycles. The molecule has 0 unspecified atom stereocenters. The smallest absolute Gasteiger partial charge is 0.407 e. The van der Waals surface area contributed by atoms with Crippen LogP contribution in [0.25, 0.3) is 0 Å². The third-order valence-corrected chi connectivity index (χ3v) is 4.95. The second-order valence-electron chi connectivity index (χ2n) is 12.7. The molecule has 1 aromatic rings. The number of nitrogens with one attached hydrogen (secondary N) is 2. The lowest BCUT2D eigenvalue weighted by Crippen LogP contribution is -2.54.